The highest BCUT2D eigenvalue weighted by molar-refractivity contribution is 8.76. The van der Waals surface area contributed by atoms with Gasteiger partial charge in [-0.25, -0.2) is 0 Å². The second-order valence-corrected chi connectivity index (χ2v) is 8.95. The molecule has 0 unspecified atom stereocenters. The molecule has 2 aliphatic carbocycles. The van der Waals surface area contributed by atoms with E-state index in [0.717, 1.165) is 11.1 Å². The first-order chi connectivity index (χ1) is 14.8. The molecule has 0 radical (unpaired) electrons. The summed E-state index contributed by atoms with van der Waals surface area (Å²) in [5.74, 6) is 0. The summed E-state index contributed by atoms with van der Waals surface area (Å²) in [5.41, 5.74) is 23.8. The molecule has 0 N–H and O–H groups in total. The van der Waals surface area contributed by atoms with Crippen molar-refractivity contribution in [1.29, 1.82) is 0 Å². The van der Waals surface area contributed by atoms with Gasteiger partial charge in [-0.1, -0.05) is 70.1 Å². The minimum Gasteiger partial charge on any atom is -0.361 e. The molecule has 0 atom stereocenters. The van der Waals surface area contributed by atoms with Crippen molar-refractivity contribution in [3.8, 4) is 0 Å². The molecule has 4 nitrogen and oxygen atoms in total. The van der Waals surface area contributed by atoms with E-state index in [4.69, 9.17) is 11.1 Å². The molecule has 2 aromatic rings. The summed E-state index contributed by atoms with van der Waals surface area (Å²) in [6, 6.07) is 16.7. The molecule has 0 saturated heterocycles. The Labute approximate surface area is 183 Å². The van der Waals surface area contributed by atoms with Crippen molar-refractivity contribution in [2.45, 2.75) is 22.6 Å². The lowest BCUT2D eigenvalue weighted by Crippen LogP contribution is -1.99. The predicted octanol–water partition coefficient (Wildman–Crippen LogP) is 6.51. The molecule has 146 valence electrons. The van der Waals surface area contributed by atoms with Gasteiger partial charge in [0, 0.05) is 21.9 Å². The van der Waals surface area contributed by atoms with Gasteiger partial charge in [-0.2, -0.15) is 9.58 Å². The lowest BCUT2D eigenvalue weighted by molar-refractivity contribution is -0.00583. The van der Waals surface area contributed by atoms with Crippen LogP contribution in [0.1, 0.15) is 24.0 Å². The largest absolute Gasteiger partial charge is 0.361 e. The Bertz CT molecular complexity index is 1110. The van der Waals surface area contributed by atoms with Gasteiger partial charge in [0.2, 0.25) is 0 Å². The molecule has 0 saturated carbocycles. The standard InChI is InChI=1S/C24H18N4S2/c25-27-19-13-9-17(10-14-19)21-5-1-3-7-23(21)29-30-24-8-4-2-6-22(24)18-11-15-20(28-26)16-12-18/h1-13,15H,14,16H2. The topological polar surface area (TPSA) is 72.8 Å². The third-order valence-corrected chi connectivity index (χ3v) is 7.33. The van der Waals surface area contributed by atoms with E-state index < -0.39 is 0 Å². The molecule has 6 heteroatoms. The molecule has 0 spiro atoms. The third-order valence-electron chi connectivity index (χ3n) is 4.85. The number of allylic oxidation sites excluding steroid dienone is 8. The van der Waals surface area contributed by atoms with Gasteiger partial charge in [-0.15, -0.1) is 0 Å². The molecular formula is C24H18N4S2. The lowest BCUT2D eigenvalue weighted by Gasteiger charge is -2.13. The lowest BCUT2D eigenvalue weighted by atomic mass is 9.99. The van der Waals surface area contributed by atoms with Crippen molar-refractivity contribution in [2.75, 3.05) is 0 Å². The molecule has 0 bridgehead atoms. The minimum absolute atomic E-state index is 0.622. The van der Waals surface area contributed by atoms with E-state index in [9.17, 15) is 0 Å². The zero-order valence-electron chi connectivity index (χ0n) is 16.1. The SMILES string of the molecule is [N-]=[N+]=C1C=CC(c2ccccc2SSc2ccccc2C2=CCC(=[N+]=[N-])C=C2)=CC1. The fraction of sp³-hybridized carbons (Fsp3) is 0.0833. The first-order valence-corrected chi connectivity index (χ1v) is 11.6. The monoisotopic (exact) mass is 426 g/mol. The van der Waals surface area contributed by atoms with Crippen molar-refractivity contribution in [2.24, 2.45) is 0 Å². The Morgan fingerprint density at radius 2 is 1.03 bits per heavy atom. The Kier molecular flexibility index (Phi) is 6.43. The van der Waals surface area contributed by atoms with Crippen LogP contribution in [0.5, 0.6) is 0 Å². The number of nitrogens with zero attached hydrogens (tertiary/aromatic N) is 4. The molecule has 30 heavy (non-hydrogen) atoms. The Morgan fingerprint density at radius 1 is 0.600 bits per heavy atom. The van der Waals surface area contributed by atoms with Crippen molar-refractivity contribution >= 4 is 44.2 Å². The second kappa shape index (κ2) is 9.57. The molecule has 4 rings (SSSR count). The summed E-state index contributed by atoms with van der Waals surface area (Å²) in [5, 5.41) is 0. The van der Waals surface area contributed by atoms with E-state index in [1.165, 1.54) is 20.9 Å². The first-order valence-electron chi connectivity index (χ1n) is 9.50. The average Bonchev–Trinajstić information content (AvgIpc) is 2.83. The maximum absolute atomic E-state index is 8.95. The predicted molar refractivity (Wildman–Crippen MR) is 125 cm³/mol. The summed E-state index contributed by atoms with van der Waals surface area (Å²) >= 11 is 0. The van der Waals surface area contributed by atoms with Gasteiger partial charge in [-0.3, -0.25) is 0 Å². The highest BCUT2D eigenvalue weighted by Gasteiger charge is 2.15. The van der Waals surface area contributed by atoms with Gasteiger partial charge in [0.1, 0.15) is 0 Å². The minimum atomic E-state index is 0.622. The Balaban J connectivity index is 1.56. The summed E-state index contributed by atoms with van der Waals surface area (Å²) < 4.78 is 0. The van der Waals surface area contributed by atoms with E-state index in [2.05, 4.69) is 46.0 Å². The van der Waals surface area contributed by atoms with Crippen molar-refractivity contribution in [1.82, 2.24) is 0 Å². The van der Waals surface area contributed by atoms with E-state index in [1.807, 2.05) is 48.6 Å². The summed E-state index contributed by atoms with van der Waals surface area (Å²) in [6.45, 7) is 0. The van der Waals surface area contributed by atoms with Crippen molar-refractivity contribution in [3.63, 3.8) is 0 Å². The smallest absolute Gasteiger partial charge is 0.295 e. The Morgan fingerprint density at radius 3 is 1.40 bits per heavy atom. The quantitative estimate of drug-likeness (QED) is 0.310. The fourth-order valence-electron chi connectivity index (χ4n) is 3.27. The van der Waals surface area contributed by atoms with E-state index in [1.54, 1.807) is 21.6 Å². The maximum Gasteiger partial charge on any atom is 0.295 e. The average molecular weight is 427 g/mol. The maximum atomic E-state index is 8.95. The highest BCUT2D eigenvalue weighted by atomic mass is 33.1. The van der Waals surface area contributed by atoms with Gasteiger partial charge in [-0.05, 0) is 46.6 Å². The first kappa shape index (κ1) is 20.1. The van der Waals surface area contributed by atoms with Crippen LogP contribution in [0.4, 0.5) is 0 Å². The zero-order chi connectivity index (χ0) is 20.8. The van der Waals surface area contributed by atoms with E-state index in [0.29, 0.717) is 24.3 Å². The molecule has 2 aromatic carbocycles. The fourth-order valence-corrected chi connectivity index (χ4v) is 5.68. The van der Waals surface area contributed by atoms with Crippen LogP contribution in [-0.4, -0.2) is 21.0 Å². The van der Waals surface area contributed by atoms with Crippen LogP contribution in [0, 0.1) is 0 Å². The van der Waals surface area contributed by atoms with Crippen LogP contribution < -0.4 is 0 Å². The number of hydrogen-bond acceptors (Lipinski definition) is 2. The van der Waals surface area contributed by atoms with Gasteiger partial charge >= 0.3 is 0 Å². The van der Waals surface area contributed by atoms with E-state index >= 15 is 0 Å². The molecule has 0 aliphatic heterocycles. The second-order valence-electron chi connectivity index (χ2n) is 6.74. The summed E-state index contributed by atoms with van der Waals surface area (Å²) in [7, 11) is 3.46. The van der Waals surface area contributed by atoms with Crippen molar-refractivity contribution in [3.05, 3.63) is 107 Å². The third kappa shape index (κ3) is 4.54. The molecule has 0 amide bonds. The zero-order valence-corrected chi connectivity index (χ0v) is 17.7. The summed E-state index contributed by atoms with van der Waals surface area (Å²) in [6.07, 6.45) is 13.1. The molecule has 0 aromatic heterocycles. The van der Waals surface area contributed by atoms with Crippen LogP contribution >= 0.6 is 21.6 Å². The van der Waals surface area contributed by atoms with Crippen LogP contribution in [0.15, 0.2) is 94.8 Å². The molecule has 2 aliphatic rings. The number of hydrogen-bond donors (Lipinski definition) is 0. The summed E-state index contributed by atoms with van der Waals surface area (Å²) in [4.78, 5) is 8.93. The molecule has 0 fully saturated rings. The number of benzene rings is 2. The molecule has 0 heterocycles. The van der Waals surface area contributed by atoms with Gasteiger partial charge in [0.25, 0.3) is 11.4 Å². The highest BCUT2D eigenvalue weighted by Crippen LogP contribution is 2.44. The van der Waals surface area contributed by atoms with Gasteiger partial charge < -0.3 is 11.1 Å². The van der Waals surface area contributed by atoms with Crippen LogP contribution in [0.25, 0.3) is 22.2 Å². The van der Waals surface area contributed by atoms with E-state index in [-0.39, 0.29) is 0 Å². The Hall–Kier alpha value is -3.14. The normalized spacial score (nSPS) is 15.3. The number of rotatable bonds is 5. The van der Waals surface area contributed by atoms with Crippen LogP contribution in [0.2, 0.25) is 0 Å². The molecular weight excluding hydrogens is 408 g/mol. The van der Waals surface area contributed by atoms with Crippen LogP contribution in [-0.2, 0) is 0 Å². The van der Waals surface area contributed by atoms with Crippen LogP contribution in [0.3, 0.4) is 0 Å². The van der Waals surface area contributed by atoms with Gasteiger partial charge in [0.15, 0.2) is 0 Å². The van der Waals surface area contributed by atoms with Gasteiger partial charge in [0.05, 0.1) is 12.8 Å². The van der Waals surface area contributed by atoms with Crippen molar-refractivity contribution < 1.29 is 9.58 Å².